The third-order valence-corrected chi connectivity index (χ3v) is 4.20. The summed E-state index contributed by atoms with van der Waals surface area (Å²) in [5.74, 6) is 0. The summed E-state index contributed by atoms with van der Waals surface area (Å²) in [7, 11) is 0. The Morgan fingerprint density at radius 3 is 2.80 bits per heavy atom. The molecule has 0 bridgehead atoms. The van der Waals surface area contributed by atoms with Gasteiger partial charge in [-0.3, -0.25) is 10.1 Å². The molecule has 5 heteroatoms. The van der Waals surface area contributed by atoms with E-state index in [4.69, 9.17) is 0 Å². The molecule has 1 aromatic carbocycles. The van der Waals surface area contributed by atoms with Crippen LogP contribution in [0.3, 0.4) is 0 Å². The van der Waals surface area contributed by atoms with Crippen LogP contribution < -0.4 is 5.32 Å². The summed E-state index contributed by atoms with van der Waals surface area (Å²) in [6, 6.07) is 9.65. The minimum Gasteiger partial charge on any atom is -0.377 e. The van der Waals surface area contributed by atoms with Crippen LogP contribution in [-0.2, 0) is 0 Å². The molecule has 106 valence electrons. The molecule has 1 N–H and O–H groups in total. The van der Waals surface area contributed by atoms with Crippen LogP contribution in [0.25, 0.3) is 0 Å². The van der Waals surface area contributed by atoms with Gasteiger partial charge in [0.15, 0.2) is 0 Å². The molecule has 0 fully saturated rings. The standard InChI is InChI=1S/C15H18N2O2S/c1-3-5-13(15-6-4-9-20-15)16-12-8-7-11(2)14(10-12)17(18)19/h4,6-10,13,16H,3,5H2,1-2H3. The smallest absolute Gasteiger partial charge is 0.274 e. The van der Waals surface area contributed by atoms with Crippen LogP contribution in [0, 0.1) is 17.0 Å². The van der Waals surface area contributed by atoms with Crippen LogP contribution >= 0.6 is 11.3 Å². The average Bonchev–Trinajstić information content (AvgIpc) is 2.94. The molecule has 0 saturated heterocycles. The van der Waals surface area contributed by atoms with Gasteiger partial charge in [0.2, 0.25) is 0 Å². The minimum absolute atomic E-state index is 0.163. The second-order valence-corrected chi connectivity index (χ2v) is 5.74. The fraction of sp³-hybridized carbons (Fsp3) is 0.333. The fourth-order valence-electron chi connectivity index (χ4n) is 2.16. The maximum atomic E-state index is 11.0. The molecule has 1 heterocycles. The molecule has 0 spiro atoms. The topological polar surface area (TPSA) is 55.2 Å². The molecule has 0 amide bonds. The van der Waals surface area contributed by atoms with E-state index in [1.54, 1.807) is 30.4 Å². The predicted octanol–water partition coefficient (Wildman–Crippen LogP) is 4.92. The van der Waals surface area contributed by atoms with Crippen LogP contribution in [0.4, 0.5) is 11.4 Å². The lowest BCUT2D eigenvalue weighted by Crippen LogP contribution is -2.09. The lowest BCUT2D eigenvalue weighted by Gasteiger charge is -2.18. The van der Waals surface area contributed by atoms with Gasteiger partial charge < -0.3 is 5.32 Å². The first-order valence-electron chi connectivity index (χ1n) is 6.66. The molecule has 0 aliphatic rings. The normalized spacial score (nSPS) is 12.1. The number of hydrogen-bond donors (Lipinski definition) is 1. The van der Waals surface area contributed by atoms with E-state index in [0.717, 1.165) is 18.5 Å². The zero-order chi connectivity index (χ0) is 14.5. The number of rotatable bonds is 6. The molecule has 0 aliphatic heterocycles. The van der Waals surface area contributed by atoms with E-state index in [-0.39, 0.29) is 16.7 Å². The zero-order valence-corrected chi connectivity index (χ0v) is 12.4. The number of nitrogens with one attached hydrogen (secondary N) is 1. The number of benzene rings is 1. The Labute approximate surface area is 122 Å². The van der Waals surface area contributed by atoms with Crippen molar-refractivity contribution in [1.82, 2.24) is 0 Å². The van der Waals surface area contributed by atoms with Crippen molar-refractivity contribution in [2.45, 2.75) is 32.7 Å². The Morgan fingerprint density at radius 2 is 2.20 bits per heavy atom. The Kier molecular flexibility index (Phi) is 4.74. The van der Waals surface area contributed by atoms with Gasteiger partial charge in [-0.2, -0.15) is 0 Å². The molecule has 1 atom stereocenters. The van der Waals surface area contributed by atoms with Crippen molar-refractivity contribution in [3.8, 4) is 0 Å². The van der Waals surface area contributed by atoms with E-state index in [1.807, 2.05) is 12.1 Å². The summed E-state index contributed by atoms with van der Waals surface area (Å²) in [6.45, 7) is 3.89. The largest absolute Gasteiger partial charge is 0.377 e. The Morgan fingerprint density at radius 1 is 1.40 bits per heavy atom. The molecule has 20 heavy (non-hydrogen) atoms. The highest BCUT2D eigenvalue weighted by Gasteiger charge is 2.15. The van der Waals surface area contributed by atoms with E-state index >= 15 is 0 Å². The maximum Gasteiger partial charge on any atom is 0.274 e. The molecule has 0 saturated carbocycles. The highest BCUT2D eigenvalue weighted by molar-refractivity contribution is 7.10. The number of nitrogens with zero attached hydrogens (tertiary/aromatic N) is 1. The summed E-state index contributed by atoms with van der Waals surface area (Å²) >= 11 is 1.71. The zero-order valence-electron chi connectivity index (χ0n) is 11.6. The van der Waals surface area contributed by atoms with E-state index in [0.29, 0.717) is 5.56 Å². The summed E-state index contributed by atoms with van der Waals surface area (Å²) in [6.07, 6.45) is 2.06. The Bertz CT molecular complexity index is 582. The predicted molar refractivity (Wildman–Crippen MR) is 83.4 cm³/mol. The molecule has 2 aromatic rings. The molecule has 2 rings (SSSR count). The summed E-state index contributed by atoms with van der Waals surface area (Å²) in [4.78, 5) is 11.9. The van der Waals surface area contributed by atoms with Crippen LogP contribution in [0.15, 0.2) is 35.7 Å². The van der Waals surface area contributed by atoms with Gasteiger partial charge in [-0.1, -0.05) is 25.5 Å². The van der Waals surface area contributed by atoms with Gasteiger partial charge in [-0.25, -0.2) is 0 Å². The molecule has 1 aromatic heterocycles. The quantitative estimate of drug-likeness (QED) is 0.607. The molecule has 0 radical (unpaired) electrons. The number of anilines is 1. The number of nitro groups is 1. The van der Waals surface area contributed by atoms with Crippen LogP contribution in [-0.4, -0.2) is 4.92 Å². The SMILES string of the molecule is CCCC(Nc1ccc(C)c([N+](=O)[O-])c1)c1cccs1. The highest BCUT2D eigenvalue weighted by Crippen LogP contribution is 2.29. The summed E-state index contributed by atoms with van der Waals surface area (Å²) < 4.78 is 0. The van der Waals surface area contributed by atoms with E-state index < -0.39 is 0 Å². The summed E-state index contributed by atoms with van der Waals surface area (Å²) in [5, 5.41) is 16.5. The maximum absolute atomic E-state index is 11.0. The van der Waals surface area contributed by atoms with Gasteiger partial charge in [0.1, 0.15) is 0 Å². The van der Waals surface area contributed by atoms with Gasteiger partial charge in [-0.15, -0.1) is 11.3 Å². The number of aryl methyl sites for hydroxylation is 1. The average molecular weight is 290 g/mol. The first kappa shape index (κ1) is 14.5. The van der Waals surface area contributed by atoms with Crippen LogP contribution in [0.2, 0.25) is 0 Å². The van der Waals surface area contributed by atoms with Crippen molar-refractivity contribution in [3.05, 3.63) is 56.3 Å². The molecule has 0 aliphatic carbocycles. The first-order chi connectivity index (χ1) is 9.61. The highest BCUT2D eigenvalue weighted by atomic mass is 32.1. The van der Waals surface area contributed by atoms with Crippen molar-refractivity contribution >= 4 is 22.7 Å². The lowest BCUT2D eigenvalue weighted by molar-refractivity contribution is -0.385. The number of thiophene rings is 1. The third-order valence-electron chi connectivity index (χ3n) is 3.21. The van der Waals surface area contributed by atoms with Gasteiger partial charge >= 0.3 is 0 Å². The van der Waals surface area contributed by atoms with E-state index in [1.165, 1.54) is 4.88 Å². The van der Waals surface area contributed by atoms with Crippen LogP contribution in [0.1, 0.15) is 36.2 Å². The van der Waals surface area contributed by atoms with Gasteiger partial charge in [0.25, 0.3) is 5.69 Å². The van der Waals surface area contributed by atoms with Crippen molar-refractivity contribution in [1.29, 1.82) is 0 Å². The van der Waals surface area contributed by atoms with Crippen LogP contribution in [0.5, 0.6) is 0 Å². The van der Waals surface area contributed by atoms with Crippen molar-refractivity contribution in [2.75, 3.05) is 5.32 Å². The van der Waals surface area contributed by atoms with Crippen molar-refractivity contribution in [3.63, 3.8) is 0 Å². The lowest BCUT2D eigenvalue weighted by atomic mass is 10.1. The van der Waals surface area contributed by atoms with E-state index in [2.05, 4.69) is 23.7 Å². The van der Waals surface area contributed by atoms with Crippen molar-refractivity contribution < 1.29 is 4.92 Å². The molecule has 4 nitrogen and oxygen atoms in total. The fourth-order valence-corrected chi connectivity index (χ4v) is 2.97. The van der Waals surface area contributed by atoms with Gasteiger partial charge in [0.05, 0.1) is 11.0 Å². The summed E-state index contributed by atoms with van der Waals surface area (Å²) in [5.41, 5.74) is 1.65. The van der Waals surface area contributed by atoms with E-state index in [9.17, 15) is 10.1 Å². The second-order valence-electron chi connectivity index (χ2n) is 4.76. The Balaban J connectivity index is 2.23. The first-order valence-corrected chi connectivity index (χ1v) is 7.54. The second kappa shape index (κ2) is 6.52. The number of nitro benzene ring substituents is 1. The third kappa shape index (κ3) is 3.36. The molecular weight excluding hydrogens is 272 g/mol. The molecular formula is C15H18N2O2S. The Hall–Kier alpha value is -1.88. The van der Waals surface area contributed by atoms with Gasteiger partial charge in [0, 0.05) is 22.2 Å². The van der Waals surface area contributed by atoms with Gasteiger partial charge in [-0.05, 0) is 30.9 Å². The number of hydrogen-bond acceptors (Lipinski definition) is 4. The monoisotopic (exact) mass is 290 g/mol. The van der Waals surface area contributed by atoms with Crippen molar-refractivity contribution in [2.24, 2.45) is 0 Å². The molecule has 1 unspecified atom stereocenters. The minimum atomic E-state index is -0.333.